The first-order valence-corrected chi connectivity index (χ1v) is 5.56. The highest BCUT2D eigenvalue weighted by Gasteiger charge is 2.02. The molecular weight excluding hydrogens is 247 g/mol. The summed E-state index contributed by atoms with van der Waals surface area (Å²) < 4.78 is 13.2. The van der Waals surface area contributed by atoms with E-state index in [9.17, 15) is 9.18 Å². The van der Waals surface area contributed by atoms with Crippen molar-refractivity contribution in [1.82, 2.24) is 0 Å². The van der Waals surface area contributed by atoms with Gasteiger partial charge >= 0.3 is 6.09 Å². The molecular formula is C14H11FN2O2. The Hall–Kier alpha value is -2.69. The molecule has 0 bridgehead atoms. The van der Waals surface area contributed by atoms with Crippen LogP contribution in [0.2, 0.25) is 0 Å². The van der Waals surface area contributed by atoms with Gasteiger partial charge in [0.05, 0.1) is 6.21 Å². The highest BCUT2D eigenvalue weighted by molar-refractivity contribution is 5.85. The molecule has 19 heavy (non-hydrogen) atoms. The van der Waals surface area contributed by atoms with Crippen LogP contribution in [0.4, 0.5) is 14.9 Å². The summed E-state index contributed by atoms with van der Waals surface area (Å²) in [6, 6.07) is 14.8. The Morgan fingerprint density at radius 3 is 2.53 bits per heavy atom. The number of carbonyl (C=O) groups is 1. The van der Waals surface area contributed by atoms with Crippen LogP contribution >= 0.6 is 0 Å². The van der Waals surface area contributed by atoms with Gasteiger partial charge in [-0.25, -0.2) is 9.18 Å². The lowest BCUT2D eigenvalue weighted by Gasteiger charge is -2.01. The second-order valence-electron chi connectivity index (χ2n) is 3.63. The standard InChI is InChI=1S/C14H11FN2O2/c15-13-9-5-4-6-11(13)10-16-19-14(18)17-12-7-2-1-3-8-12/h1-10H,(H,17,18)/b16-10+. The molecule has 1 amide bonds. The number of oxime groups is 1. The first-order valence-electron chi connectivity index (χ1n) is 5.56. The molecule has 4 nitrogen and oxygen atoms in total. The van der Waals surface area contributed by atoms with Gasteiger partial charge in [-0.1, -0.05) is 41.6 Å². The van der Waals surface area contributed by atoms with E-state index in [0.717, 1.165) is 6.21 Å². The van der Waals surface area contributed by atoms with Crippen LogP contribution in [0.1, 0.15) is 5.56 Å². The summed E-state index contributed by atoms with van der Waals surface area (Å²) >= 11 is 0. The van der Waals surface area contributed by atoms with Gasteiger partial charge in [0.2, 0.25) is 0 Å². The fourth-order valence-corrected chi connectivity index (χ4v) is 1.37. The zero-order valence-corrected chi connectivity index (χ0v) is 9.92. The number of para-hydroxylation sites is 1. The molecule has 0 aliphatic rings. The van der Waals surface area contributed by atoms with E-state index < -0.39 is 11.9 Å². The van der Waals surface area contributed by atoms with Gasteiger partial charge in [-0.15, -0.1) is 0 Å². The number of hydrogen-bond acceptors (Lipinski definition) is 3. The van der Waals surface area contributed by atoms with E-state index in [0.29, 0.717) is 5.69 Å². The van der Waals surface area contributed by atoms with Crippen LogP contribution in [0.15, 0.2) is 59.8 Å². The molecule has 0 unspecified atom stereocenters. The summed E-state index contributed by atoms with van der Waals surface area (Å²) in [5, 5.41) is 5.90. The molecule has 0 spiro atoms. The molecule has 2 aromatic rings. The molecule has 96 valence electrons. The molecule has 0 fully saturated rings. The minimum Gasteiger partial charge on any atom is -0.298 e. The molecule has 0 aliphatic carbocycles. The monoisotopic (exact) mass is 258 g/mol. The quantitative estimate of drug-likeness (QED) is 0.521. The summed E-state index contributed by atoms with van der Waals surface area (Å²) in [6.45, 7) is 0. The second kappa shape index (κ2) is 6.30. The van der Waals surface area contributed by atoms with E-state index >= 15 is 0 Å². The SMILES string of the molecule is O=C(Nc1ccccc1)O/N=C/c1ccccc1F. The maximum absolute atomic E-state index is 13.2. The Morgan fingerprint density at radius 1 is 1.11 bits per heavy atom. The van der Waals surface area contributed by atoms with E-state index in [1.807, 2.05) is 6.07 Å². The summed E-state index contributed by atoms with van der Waals surface area (Å²) in [6.07, 6.45) is 0.402. The van der Waals surface area contributed by atoms with Crippen LogP contribution in [0, 0.1) is 5.82 Å². The molecule has 0 atom stereocenters. The zero-order chi connectivity index (χ0) is 13.5. The van der Waals surface area contributed by atoms with E-state index in [4.69, 9.17) is 0 Å². The molecule has 0 radical (unpaired) electrons. The van der Waals surface area contributed by atoms with Crippen LogP contribution in [-0.4, -0.2) is 12.3 Å². The van der Waals surface area contributed by atoms with Crippen molar-refractivity contribution in [3.8, 4) is 0 Å². The summed E-state index contributed by atoms with van der Waals surface area (Å²) in [5.41, 5.74) is 0.837. The molecule has 0 saturated heterocycles. The van der Waals surface area contributed by atoms with E-state index in [-0.39, 0.29) is 5.56 Å². The topological polar surface area (TPSA) is 50.7 Å². The Labute approximate surface area is 109 Å². The molecule has 0 aliphatic heterocycles. The minimum atomic E-state index is -0.737. The maximum Gasteiger partial charge on any atom is 0.437 e. The smallest absolute Gasteiger partial charge is 0.298 e. The number of benzene rings is 2. The number of nitrogens with zero attached hydrogens (tertiary/aromatic N) is 1. The fraction of sp³-hybridized carbons (Fsp3) is 0. The molecule has 2 aromatic carbocycles. The average Bonchev–Trinajstić information content (AvgIpc) is 2.42. The Balaban J connectivity index is 1.89. The third-order valence-corrected chi connectivity index (χ3v) is 2.25. The van der Waals surface area contributed by atoms with Crippen molar-refractivity contribution >= 4 is 18.0 Å². The van der Waals surface area contributed by atoms with Gasteiger partial charge in [0.25, 0.3) is 0 Å². The van der Waals surface area contributed by atoms with Gasteiger partial charge in [0.15, 0.2) is 0 Å². The number of hydrogen-bond donors (Lipinski definition) is 1. The molecule has 0 aromatic heterocycles. The molecule has 2 rings (SSSR count). The second-order valence-corrected chi connectivity index (χ2v) is 3.63. The highest BCUT2D eigenvalue weighted by atomic mass is 19.1. The van der Waals surface area contributed by atoms with Gasteiger partial charge in [-0.2, -0.15) is 0 Å². The van der Waals surface area contributed by atoms with Crippen LogP contribution in [-0.2, 0) is 4.84 Å². The van der Waals surface area contributed by atoms with Crippen LogP contribution in [0.5, 0.6) is 0 Å². The van der Waals surface area contributed by atoms with Crippen molar-refractivity contribution in [1.29, 1.82) is 0 Å². The van der Waals surface area contributed by atoms with Crippen LogP contribution < -0.4 is 5.32 Å². The molecule has 0 heterocycles. The fourth-order valence-electron chi connectivity index (χ4n) is 1.37. The van der Waals surface area contributed by atoms with Crippen molar-refractivity contribution in [3.05, 3.63) is 66.0 Å². The van der Waals surface area contributed by atoms with Crippen molar-refractivity contribution in [3.63, 3.8) is 0 Å². The van der Waals surface area contributed by atoms with E-state index in [1.54, 1.807) is 36.4 Å². The van der Waals surface area contributed by atoms with E-state index in [2.05, 4.69) is 15.3 Å². The van der Waals surface area contributed by atoms with Crippen molar-refractivity contribution in [2.24, 2.45) is 5.16 Å². The lowest BCUT2D eigenvalue weighted by molar-refractivity contribution is 0.167. The third kappa shape index (κ3) is 3.92. The van der Waals surface area contributed by atoms with Crippen molar-refractivity contribution in [2.45, 2.75) is 0 Å². The van der Waals surface area contributed by atoms with Crippen LogP contribution in [0.25, 0.3) is 0 Å². The maximum atomic E-state index is 13.2. The van der Waals surface area contributed by atoms with Crippen molar-refractivity contribution in [2.75, 3.05) is 5.32 Å². The predicted octanol–water partition coefficient (Wildman–Crippen LogP) is 3.41. The number of rotatable bonds is 3. The third-order valence-electron chi connectivity index (χ3n) is 2.25. The van der Waals surface area contributed by atoms with Crippen molar-refractivity contribution < 1.29 is 14.0 Å². The average molecular weight is 258 g/mol. The molecule has 0 saturated carbocycles. The first-order chi connectivity index (χ1) is 9.25. The van der Waals surface area contributed by atoms with Gasteiger partial charge in [-0.05, 0) is 18.2 Å². The lowest BCUT2D eigenvalue weighted by Crippen LogP contribution is -2.10. The number of nitrogens with one attached hydrogen (secondary N) is 1. The summed E-state index contributed by atoms with van der Waals surface area (Å²) in [4.78, 5) is 15.9. The number of halogens is 1. The number of anilines is 1. The molecule has 1 N–H and O–H groups in total. The Morgan fingerprint density at radius 2 is 1.79 bits per heavy atom. The summed E-state index contributed by atoms with van der Waals surface area (Å²) in [7, 11) is 0. The largest absolute Gasteiger partial charge is 0.437 e. The number of carbonyl (C=O) groups excluding carboxylic acids is 1. The van der Waals surface area contributed by atoms with Gasteiger partial charge in [0, 0.05) is 11.3 Å². The normalized spacial score (nSPS) is 10.4. The van der Waals surface area contributed by atoms with Crippen LogP contribution in [0.3, 0.4) is 0 Å². The van der Waals surface area contributed by atoms with E-state index in [1.165, 1.54) is 12.1 Å². The summed E-state index contributed by atoms with van der Waals surface area (Å²) in [5.74, 6) is -0.432. The zero-order valence-electron chi connectivity index (χ0n) is 9.92. The predicted molar refractivity (Wildman–Crippen MR) is 70.5 cm³/mol. The van der Waals surface area contributed by atoms with Gasteiger partial charge in [-0.3, -0.25) is 10.2 Å². The molecule has 5 heteroatoms. The Kier molecular flexibility index (Phi) is 4.23. The highest BCUT2D eigenvalue weighted by Crippen LogP contribution is 2.06. The minimum absolute atomic E-state index is 0.245. The van der Waals surface area contributed by atoms with Gasteiger partial charge in [0.1, 0.15) is 5.82 Å². The van der Waals surface area contributed by atoms with Gasteiger partial charge < -0.3 is 0 Å². The number of amides is 1. The lowest BCUT2D eigenvalue weighted by atomic mass is 10.2. The first kappa shape index (κ1) is 12.8. The Bertz CT molecular complexity index is 585.